The Morgan fingerprint density at radius 2 is 1.94 bits per heavy atom. The quantitative estimate of drug-likeness (QED) is 0.565. The lowest BCUT2D eigenvalue weighted by atomic mass is 9.96. The van der Waals surface area contributed by atoms with E-state index in [1.54, 1.807) is 0 Å². The van der Waals surface area contributed by atoms with Gasteiger partial charge in [-0.25, -0.2) is 0 Å². The predicted molar refractivity (Wildman–Crippen MR) is 132 cm³/mol. The summed E-state index contributed by atoms with van der Waals surface area (Å²) < 4.78 is 7.80. The Balaban J connectivity index is 1.52. The molecule has 0 amide bonds. The number of thiocarbonyl (C=S) groups is 1. The average Bonchev–Trinajstić information content (AvgIpc) is 3.34. The molecule has 8 heteroatoms. The highest BCUT2D eigenvalue weighted by Gasteiger charge is 2.41. The van der Waals surface area contributed by atoms with Gasteiger partial charge in [0.05, 0.1) is 42.9 Å². The van der Waals surface area contributed by atoms with Crippen molar-refractivity contribution >= 4 is 17.3 Å². The minimum Gasteiger partial charge on any atom is -0.379 e. The molecule has 3 aromatic heterocycles. The van der Waals surface area contributed by atoms with Crippen LogP contribution in [0.15, 0.2) is 55.0 Å². The molecule has 2 atom stereocenters. The predicted octanol–water partition coefficient (Wildman–Crippen LogP) is 3.19. The molecule has 7 nitrogen and oxygen atoms in total. The van der Waals surface area contributed by atoms with Gasteiger partial charge in [-0.2, -0.15) is 0 Å². The molecule has 0 aliphatic carbocycles. The van der Waals surface area contributed by atoms with E-state index in [-0.39, 0.29) is 12.1 Å². The molecular weight excluding hydrogens is 432 g/mol. The van der Waals surface area contributed by atoms with E-state index in [1.807, 2.05) is 36.8 Å². The fraction of sp³-hybridized carbons (Fsp3) is 0.400. The Hall–Kier alpha value is -2.81. The van der Waals surface area contributed by atoms with Crippen molar-refractivity contribution in [2.24, 2.45) is 0 Å². The fourth-order valence-electron chi connectivity index (χ4n) is 5.03. The minimum atomic E-state index is -0.00811. The lowest BCUT2D eigenvalue weighted by Crippen LogP contribution is -2.42. The number of hydrogen-bond acceptors (Lipinski definition) is 5. The van der Waals surface area contributed by atoms with Crippen molar-refractivity contribution in [3.63, 3.8) is 0 Å². The summed E-state index contributed by atoms with van der Waals surface area (Å²) in [4.78, 5) is 13.8. The number of morpholine rings is 1. The van der Waals surface area contributed by atoms with Gasteiger partial charge in [-0.3, -0.25) is 14.9 Å². The van der Waals surface area contributed by atoms with E-state index in [1.165, 1.54) is 17.0 Å². The number of aromatic nitrogens is 3. The Morgan fingerprint density at radius 1 is 1.09 bits per heavy atom. The largest absolute Gasteiger partial charge is 0.379 e. The standard InChI is InChI=1S/C25H30N6OS/c1-18-16-21(19(2)31(18)20-6-5-8-26-17-20)24-23(22-7-3-4-9-27-22)28-25(33)30(24)11-10-29-12-14-32-15-13-29/h3-9,16-17,23-24H,10-15H2,1-2H3,(H,28,33)/t23-,24-/m0/s1. The van der Waals surface area contributed by atoms with Gasteiger partial charge >= 0.3 is 0 Å². The first-order valence-electron chi connectivity index (χ1n) is 11.5. The van der Waals surface area contributed by atoms with Crippen LogP contribution in [0.25, 0.3) is 5.69 Å². The summed E-state index contributed by atoms with van der Waals surface area (Å²) in [7, 11) is 0. The Bertz CT molecular complexity index is 1100. The molecule has 0 saturated carbocycles. The van der Waals surface area contributed by atoms with E-state index in [0.717, 1.165) is 55.9 Å². The van der Waals surface area contributed by atoms with Crippen molar-refractivity contribution in [1.82, 2.24) is 29.7 Å². The molecular formula is C25H30N6OS. The zero-order valence-electron chi connectivity index (χ0n) is 19.1. The molecule has 2 fully saturated rings. The number of nitrogens with zero attached hydrogens (tertiary/aromatic N) is 5. The van der Waals surface area contributed by atoms with Crippen molar-refractivity contribution in [3.8, 4) is 5.69 Å². The summed E-state index contributed by atoms with van der Waals surface area (Å²) >= 11 is 5.86. The van der Waals surface area contributed by atoms with E-state index in [2.05, 4.69) is 61.7 Å². The third-order valence-corrected chi connectivity index (χ3v) is 7.00. The third-order valence-electron chi connectivity index (χ3n) is 6.65. The molecule has 0 aromatic carbocycles. The van der Waals surface area contributed by atoms with Gasteiger partial charge in [0, 0.05) is 50.0 Å². The van der Waals surface area contributed by atoms with Gasteiger partial charge in [0.15, 0.2) is 5.11 Å². The van der Waals surface area contributed by atoms with E-state index in [4.69, 9.17) is 17.0 Å². The number of nitrogens with one attached hydrogen (secondary N) is 1. The molecule has 0 spiro atoms. The highest BCUT2D eigenvalue weighted by atomic mass is 32.1. The SMILES string of the molecule is Cc1cc([C@H]2[C@H](c3ccccn3)NC(=S)N2CCN2CCOCC2)c(C)n1-c1cccnc1. The van der Waals surface area contributed by atoms with Crippen molar-refractivity contribution in [2.75, 3.05) is 39.4 Å². The van der Waals surface area contributed by atoms with Crippen LogP contribution >= 0.6 is 12.2 Å². The lowest BCUT2D eigenvalue weighted by Gasteiger charge is -2.32. The molecule has 0 unspecified atom stereocenters. The molecule has 33 heavy (non-hydrogen) atoms. The molecule has 2 aliphatic rings. The van der Waals surface area contributed by atoms with Gasteiger partial charge in [0.1, 0.15) is 0 Å². The molecule has 1 N–H and O–H groups in total. The van der Waals surface area contributed by atoms with Gasteiger partial charge < -0.3 is 19.5 Å². The summed E-state index contributed by atoms with van der Waals surface area (Å²) in [6.45, 7) is 9.69. The number of ether oxygens (including phenoxy) is 1. The van der Waals surface area contributed by atoms with Crippen LogP contribution in [-0.2, 0) is 4.74 Å². The van der Waals surface area contributed by atoms with Crippen LogP contribution in [0.5, 0.6) is 0 Å². The first-order valence-corrected chi connectivity index (χ1v) is 11.9. The highest BCUT2D eigenvalue weighted by molar-refractivity contribution is 7.80. The molecule has 0 bridgehead atoms. The highest BCUT2D eigenvalue weighted by Crippen LogP contribution is 2.41. The fourth-order valence-corrected chi connectivity index (χ4v) is 5.36. The maximum absolute atomic E-state index is 5.86. The number of hydrogen-bond donors (Lipinski definition) is 1. The van der Waals surface area contributed by atoms with Crippen LogP contribution in [0.4, 0.5) is 0 Å². The normalized spacial score (nSPS) is 21.4. The van der Waals surface area contributed by atoms with Crippen LogP contribution in [-0.4, -0.2) is 68.8 Å². The van der Waals surface area contributed by atoms with Crippen LogP contribution in [0, 0.1) is 13.8 Å². The minimum absolute atomic E-state index is 0.00811. The lowest BCUT2D eigenvalue weighted by molar-refractivity contribution is 0.0350. The third kappa shape index (κ3) is 4.38. The second-order valence-corrected chi connectivity index (χ2v) is 9.03. The summed E-state index contributed by atoms with van der Waals surface area (Å²) in [6.07, 6.45) is 5.57. The zero-order chi connectivity index (χ0) is 22.8. The molecule has 2 saturated heterocycles. The van der Waals surface area contributed by atoms with Crippen LogP contribution in [0.2, 0.25) is 0 Å². The number of rotatable bonds is 6. The van der Waals surface area contributed by atoms with Crippen LogP contribution < -0.4 is 5.32 Å². The zero-order valence-corrected chi connectivity index (χ0v) is 20.0. The Labute approximate surface area is 200 Å². The summed E-state index contributed by atoms with van der Waals surface area (Å²) in [5.74, 6) is 0. The van der Waals surface area contributed by atoms with Crippen molar-refractivity contribution in [3.05, 3.63) is 77.6 Å². The number of pyridine rings is 2. The topological polar surface area (TPSA) is 58.5 Å². The number of aryl methyl sites for hydroxylation is 1. The van der Waals surface area contributed by atoms with Crippen molar-refractivity contribution in [2.45, 2.75) is 25.9 Å². The summed E-state index contributed by atoms with van der Waals surface area (Å²) in [6, 6.07) is 12.5. The smallest absolute Gasteiger partial charge is 0.170 e. The molecule has 5 heterocycles. The maximum atomic E-state index is 5.86. The molecule has 0 radical (unpaired) electrons. The molecule has 172 valence electrons. The van der Waals surface area contributed by atoms with Gasteiger partial charge in [-0.15, -0.1) is 0 Å². The Kier molecular flexibility index (Phi) is 6.39. The van der Waals surface area contributed by atoms with Crippen molar-refractivity contribution < 1.29 is 4.74 Å². The van der Waals surface area contributed by atoms with E-state index >= 15 is 0 Å². The molecule has 5 rings (SSSR count). The van der Waals surface area contributed by atoms with E-state index in [9.17, 15) is 0 Å². The average molecular weight is 463 g/mol. The summed E-state index contributed by atoms with van der Waals surface area (Å²) in [5, 5.41) is 4.37. The maximum Gasteiger partial charge on any atom is 0.170 e. The second-order valence-electron chi connectivity index (χ2n) is 8.65. The summed E-state index contributed by atoms with van der Waals surface area (Å²) in [5.41, 5.74) is 5.73. The van der Waals surface area contributed by atoms with Crippen molar-refractivity contribution in [1.29, 1.82) is 0 Å². The van der Waals surface area contributed by atoms with Gasteiger partial charge in [-0.1, -0.05) is 6.07 Å². The van der Waals surface area contributed by atoms with Gasteiger partial charge in [0.25, 0.3) is 0 Å². The van der Waals surface area contributed by atoms with E-state index < -0.39 is 0 Å². The molecule has 3 aromatic rings. The van der Waals surface area contributed by atoms with Gasteiger partial charge in [-0.05, 0) is 62.0 Å². The Morgan fingerprint density at radius 3 is 2.67 bits per heavy atom. The monoisotopic (exact) mass is 462 g/mol. The van der Waals surface area contributed by atoms with E-state index in [0.29, 0.717) is 0 Å². The molecule has 2 aliphatic heterocycles. The second kappa shape index (κ2) is 9.59. The first-order chi connectivity index (χ1) is 16.1. The van der Waals surface area contributed by atoms with Crippen LogP contribution in [0.1, 0.15) is 34.7 Å². The van der Waals surface area contributed by atoms with Gasteiger partial charge in [0.2, 0.25) is 0 Å². The van der Waals surface area contributed by atoms with Crippen LogP contribution in [0.3, 0.4) is 0 Å². The first kappa shape index (κ1) is 22.0.